The van der Waals surface area contributed by atoms with Crippen LogP contribution in [0.3, 0.4) is 0 Å². The van der Waals surface area contributed by atoms with Gasteiger partial charge < -0.3 is 11.5 Å². The molecule has 0 fully saturated rings. The number of hydrogen-bond acceptors (Lipinski definition) is 2. The van der Waals surface area contributed by atoms with E-state index in [4.69, 9.17) is 11.5 Å². The first kappa shape index (κ1) is 14.7. The highest BCUT2D eigenvalue weighted by atomic mass is 19.4. The fourth-order valence-corrected chi connectivity index (χ4v) is 2.16. The van der Waals surface area contributed by atoms with Gasteiger partial charge >= 0.3 is 6.18 Å². The van der Waals surface area contributed by atoms with E-state index in [2.05, 4.69) is 0 Å². The predicted octanol–water partition coefficient (Wildman–Crippen LogP) is 3.77. The Hall–Kier alpha value is -1.39. The predicted molar refractivity (Wildman–Crippen MR) is 68.3 cm³/mol. The number of aryl methyl sites for hydroxylation is 1. The Kier molecular flexibility index (Phi) is 4.48. The molecule has 102 valence electrons. The van der Waals surface area contributed by atoms with Gasteiger partial charge in [-0.25, -0.2) is 0 Å². The van der Waals surface area contributed by atoms with Gasteiger partial charge in [0.05, 0.1) is 5.56 Å². The molecule has 0 spiro atoms. The second-order valence-electron chi connectivity index (χ2n) is 4.39. The van der Waals surface area contributed by atoms with Gasteiger partial charge in [0.1, 0.15) is 0 Å². The first-order chi connectivity index (χ1) is 8.32. The maximum absolute atomic E-state index is 13.1. The number of hydrogen-bond donors (Lipinski definition) is 2. The van der Waals surface area contributed by atoms with Crippen molar-refractivity contribution in [1.82, 2.24) is 0 Å². The van der Waals surface area contributed by atoms with Crippen molar-refractivity contribution in [2.45, 2.75) is 45.7 Å². The molecule has 0 aromatic heterocycles. The number of anilines is 2. The van der Waals surface area contributed by atoms with Crippen LogP contribution in [0.1, 0.15) is 43.4 Å². The van der Waals surface area contributed by atoms with Gasteiger partial charge in [0.25, 0.3) is 0 Å². The van der Waals surface area contributed by atoms with Crippen LogP contribution in [0.2, 0.25) is 0 Å². The number of alkyl halides is 3. The highest BCUT2D eigenvalue weighted by Gasteiger charge is 2.36. The fraction of sp³-hybridized carbons (Fsp3) is 0.538. The molecule has 0 aliphatic heterocycles. The van der Waals surface area contributed by atoms with Crippen LogP contribution in [0.4, 0.5) is 24.5 Å². The third kappa shape index (κ3) is 2.89. The zero-order valence-electron chi connectivity index (χ0n) is 10.7. The molecule has 0 saturated carbocycles. The molecule has 0 amide bonds. The van der Waals surface area contributed by atoms with E-state index in [1.54, 1.807) is 0 Å². The Balaban J connectivity index is 3.47. The summed E-state index contributed by atoms with van der Waals surface area (Å²) >= 11 is 0. The summed E-state index contributed by atoms with van der Waals surface area (Å²) in [5.74, 6) is 0. The van der Waals surface area contributed by atoms with Crippen molar-refractivity contribution >= 4 is 11.4 Å². The molecule has 0 saturated heterocycles. The average Bonchev–Trinajstić information content (AvgIpc) is 2.22. The highest BCUT2D eigenvalue weighted by Crippen LogP contribution is 2.40. The average molecular weight is 260 g/mol. The molecule has 5 heteroatoms. The molecule has 1 rings (SSSR count). The molecule has 0 atom stereocenters. The van der Waals surface area contributed by atoms with Crippen LogP contribution in [-0.4, -0.2) is 0 Å². The molecular weight excluding hydrogens is 241 g/mol. The molecule has 0 radical (unpaired) electrons. The molecule has 0 aliphatic rings. The Morgan fingerprint density at radius 2 is 1.61 bits per heavy atom. The van der Waals surface area contributed by atoms with Crippen molar-refractivity contribution in [3.63, 3.8) is 0 Å². The van der Waals surface area contributed by atoms with Gasteiger partial charge in [0.15, 0.2) is 0 Å². The van der Waals surface area contributed by atoms with Crippen molar-refractivity contribution in [3.8, 4) is 0 Å². The van der Waals surface area contributed by atoms with E-state index in [-0.39, 0.29) is 11.3 Å². The first-order valence-corrected chi connectivity index (χ1v) is 6.09. The lowest BCUT2D eigenvalue weighted by atomic mass is 9.94. The molecule has 2 nitrogen and oxygen atoms in total. The molecular formula is C13H19F3N2. The Morgan fingerprint density at radius 3 is 2.06 bits per heavy atom. The van der Waals surface area contributed by atoms with Crippen molar-refractivity contribution in [2.75, 3.05) is 11.5 Å². The number of benzene rings is 1. The second kappa shape index (κ2) is 5.50. The van der Waals surface area contributed by atoms with Gasteiger partial charge in [-0.15, -0.1) is 0 Å². The minimum atomic E-state index is -4.43. The largest absolute Gasteiger partial charge is 0.418 e. The van der Waals surface area contributed by atoms with E-state index in [0.717, 1.165) is 0 Å². The van der Waals surface area contributed by atoms with Gasteiger partial charge in [0.2, 0.25) is 0 Å². The van der Waals surface area contributed by atoms with Gasteiger partial charge in [0, 0.05) is 11.4 Å². The van der Waals surface area contributed by atoms with E-state index in [1.165, 1.54) is 6.07 Å². The molecule has 0 unspecified atom stereocenters. The van der Waals surface area contributed by atoms with Crippen molar-refractivity contribution in [1.29, 1.82) is 0 Å². The number of halogens is 3. The summed E-state index contributed by atoms with van der Waals surface area (Å²) in [5.41, 5.74) is 11.6. The maximum atomic E-state index is 13.1. The Bertz CT molecular complexity index is 425. The number of rotatable bonds is 4. The molecule has 4 N–H and O–H groups in total. The molecule has 1 aromatic rings. The first-order valence-electron chi connectivity index (χ1n) is 6.09. The number of nitrogens with two attached hydrogens (primary N) is 2. The van der Waals surface area contributed by atoms with E-state index in [9.17, 15) is 13.2 Å². The SMILES string of the molecule is CCCc1cc(N)c(CCC)c(N)c1C(F)(F)F. The van der Waals surface area contributed by atoms with E-state index in [0.29, 0.717) is 36.9 Å². The monoisotopic (exact) mass is 260 g/mol. The van der Waals surface area contributed by atoms with Crippen LogP contribution < -0.4 is 11.5 Å². The van der Waals surface area contributed by atoms with Crippen molar-refractivity contribution in [2.24, 2.45) is 0 Å². The summed E-state index contributed by atoms with van der Waals surface area (Å²) < 4.78 is 39.2. The third-order valence-corrected chi connectivity index (χ3v) is 2.90. The Labute approximate surface area is 105 Å². The van der Waals surface area contributed by atoms with Crippen LogP contribution in [-0.2, 0) is 19.0 Å². The molecule has 18 heavy (non-hydrogen) atoms. The van der Waals surface area contributed by atoms with Crippen LogP contribution in [0.5, 0.6) is 0 Å². The van der Waals surface area contributed by atoms with Crippen molar-refractivity contribution < 1.29 is 13.2 Å². The summed E-state index contributed by atoms with van der Waals surface area (Å²) in [6.45, 7) is 3.71. The summed E-state index contributed by atoms with van der Waals surface area (Å²) in [4.78, 5) is 0. The maximum Gasteiger partial charge on any atom is 0.418 e. The van der Waals surface area contributed by atoms with Gasteiger partial charge in [-0.3, -0.25) is 0 Å². The lowest BCUT2D eigenvalue weighted by Gasteiger charge is -2.19. The summed E-state index contributed by atoms with van der Waals surface area (Å²) in [6, 6.07) is 1.42. The lowest BCUT2D eigenvalue weighted by molar-refractivity contribution is -0.137. The zero-order valence-corrected chi connectivity index (χ0v) is 10.7. The molecule has 0 heterocycles. The second-order valence-corrected chi connectivity index (χ2v) is 4.39. The normalized spacial score (nSPS) is 11.8. The smallest absolute Gasteiger partial charge is 0.398 e. The molecule has 0 bridgehead atoms. The fourth-order valence-electron chi connectivity index (χ4n) is 2.16. The van der Waals surface area contributed by atoms with E-state index >= 15 is 0 Å². The third-order valence-electron chi connectivity index (χ3n) is 2.90. The van der Waals surface area contributed by atoms with Gasteiger partial charge in [-0.2, -0.15) is 13.2 Å². The quantitative estimate of drug-likeness (QED) is 0.809. The number of nitrogen functional groups attached to an aromatic ring is 2. The summed E-state index contributed by atoms with van der Waals surface area (Å²) in [5, 5.41) is 0. The summed E-state index contributed by atoms with van der Waals surface area (Å²) in [6.07, 6.45) is -2.30. The minimum absolute atomic E-state index is 0.194. The standard InChI is InChI=1S/C13H19F3N2/c1-3-5-8-7-10(17)9(6-4-2)12(18)11(8)13(14,15)16/h7H,3-6,17-18H2,1-2H3. The molecule has 0 aliphatic carbocycles. The lowest BCUT2D eigenvalue weighted by Crippen LogP contribution is -2.16. The van der Waals surface area contributed by atoms with E-state index < -0.39 is 11.7 Å². The van der Waals surface area contributed by atoms with Crippen LogP contribution in [0.15, 0.2) is 6.07 Å². The van der Waals surface area contributed by atoms with Crippen LogP contribution in [0, 0.1) is 0 Å². The van der Waals surface area contributed by atoms with Crippen molar-refractivity contribution in [3.05, 3.63) is 22.8 Å². The topological polar surface area (TPSA) is 52.0 Å². The highest BCUT2D eigenvalue weighted by molar-refractivity contribution is 5.69. The minimum Gasteiger partial charge on any atom is -0.398 e. The van der Waals surface area contributed by atoms with Gasteiger partial charge in [-0.05, 0) is 30.0 Å². The molecule has 1 aromatic carbocycles. The van der Waals surface area contributed by atoms with E-state index in [1.807, 2.05) is 13.8 Å². The van der Waals surface area contributed by atoms with Gasteiger partial charge in [-0.1, -0.05) is 26.7 Å². The summed E-state index contributed by atoms with van der Waals surface area (Å²) in [7, 11) is 0. The van der Waals surface area contributed by atoms with Crippen LogP contribution >= 0.6 is 0 Å². The zero-order chi connectivity index (χ0) is 13.9. The van der Waals surface area contributed by atoms with Crippen LogP contribution in [0.25, 0.3) is 0 Å². The Morgan fingerprint density at radius 1 is 1.06 bits per heavy atom.